The predicted molar refractivity (Wildman–Crippen MR) is 68.1 cm³/mol. The summed E-state index contributed by atoms with van der Waals surface area (Å²) in [6, 6.07) is 4.24. The van der Waals surface area contributed by atoms with E-state index in [1.807, 2.05) is 14.0 Å². The molecule has 0 radical (unpaired) electrons. The molecule has 2 N–H and O–H groups in total. The highest BCUT2D eigenvalue weighted by molar-refractivity contribution is 9.10. The Morgan fingerprint density at radius 1 is 1.47 bits per heavy atom. The number of nitrogens with zero attached hydrogens (tertiary/aromatic N) is 2. The fourth-order valence-corrected chi connectivity index (χ4v) is 2.46. The minimum atomic E-state index is -0.396. The van der Waals surface area contributed by atoms with Crippen molar-refractivity contribution in [1.29, 1.82) is 0 Å². The number of nitrogens with two attached hydrogens (primary N) is 1. The van der Waals surface area contributed by atoms with E-state index >= 15 is 0 Å². The van der Waals surface area contributed by atoms with Gasteiger partial charge in [0.1, 0.15) is 5.82 Å². The monoisotopic (exact) mass is 297 g/mol. The second kappa shape index (κ2) is 4.58. The van der Waals surface area contributed by atoms with Crippen LogP contribution < -0.4 is 5.73 Å². The van der Waals surface area contributed by atoms with Gasteiger partial charge < -0.3 is 5.73 Å². The van der Waals surface area contributed by atoms with E-state index in [0.717, 1.165) is 21.3 Å². The Hall–Kier alpha value is -1.20. The fourth-order valence-electron chi connectivity index (χ4n) is 1.86. The Morgan fingerprint density at radius 3 is 2.76 bits per heavy atom. The van der Waals surface area contributed by atoms with Crippen molar-refractivity contribution >= 4 is 15.9 Å². The summed E-state index contributed by atoms with van der Waals surface area (Å²) >= 11 is 3.40. The summed E-state index contributed by atoms with van der Waals surface area (Å²) in [6.07, 6.45) is 1.68. The average Bonchev–Trinajstić information content (AvgIpc) is 2.61. The van der Waals surface area contributed by atoms with E-state index < -0.39 is 6.04 Å². The van der Waals surface area contributed by atoms with Gasteiger partial charge in [0.05, 0.1) is 22.4 Å². The molecule has 0 saturated heterocycles. The molecule has 2 aromatic rings. The lowest BCUT2D eigenvalue weighted by Crippen LogP contribution is -2.17. The molecule has 90 valence electrons. The molecule has 3 nitrogen and oxygen atoms in total. The Kier molecular flexibility index (Phi) is 3.31. The maximum absolute atomic E-state index is 13.3. The largest absolute Gasteiger partial charge is 0.319 e. The minimum Gasteiger partial charge on any atom is -0.319 e. The summed E-state index contributed by atoms with van der Waals surface area (Å²) < 4.78 is 15.8. The molecule has 0 aliphatic rings. The van der Waals surface area contributed by atoms with Crippen LogP contribution in [0.25, 0.3) is 0 Å². The molecule has 1 aromatic heterocycles. The second-order valence-electron chi connectivity index (χ2n) is 3.98. The number of halogens is 2. The number of benzene rings is 1. The van der Waals surface area contributed by atoms with Crippen molar-refractivity contribution in [2.45, 2.75) is 13.0 Å². The van der Waals surface area contributed by atoms with Gasteiger partial charge in [-0.3, -0.25) is 4.68 Å². The molecule has 0 saturated carbocycles. The molecule has 0 aliphatic heterocycles. The molecular weight excluding hydrogens is 285 g/mol. The van der Waals surface area contributed by atoms with Crippen LogP contribution in [-0.4, -0.2) is 9.78 Å². The van der Waals surface area contributed by atoms with Crippen LogP contribution in [0.5, 0.6) is 0 Å². The SMILES string of the molecule is Cc1ccc(F)cc1C(N)c1c(Br)cnn1C. The molecule has 0 bridgehead atoms. The van der Waals surface area contributed by atoms with Crippen LogP contribution in [0.4, 0.5) is 4.39 Å². The van der Waals surface area contributed by atoms with Crippen LogP contribution in [-0.2, 0) is 7.05 Å². The molecule has 0 fully saturated rings. The number of aryl methyl sites for hydroxylation is 2. The fraction of sp³-hybridized carbons (Fsp3) is 0.250. The van der Waals surface area contributed by atoms with Gasteiger partial charge in [0.25, 0.3) is 0 Å². The van der Waals surface area contributed by atoms with E-state index in [-0.39, 0.29) is 5.82 Å². The highest BCUT2D eigenvalue weighted by atomic mass is 79.9. The van der Waals surface area contributed by atoms with Gasteiger partial charge in [-0.1, -0.05) is 6.07 Å². The topological polar surface area (TPSA) is 43.8 Å². The van der Waals surface area contributed by atoms with E-state index in [4.69, 9.17) is 5.73 Å². The van der Waals surface area contributed by atoms with Crippen molar-refractivity contribution in [2.24, 2.45) is 12.8 Å². The summed E-state index contributed by atoms with van der Waals surface area (Å²) in [5, 5.41) is 4.11. The van der Waals surface area contributed by atoms with Crippen molar-refractivity contribution in [3.63, 3.8) is 0 Å². The molecule has 17 heavy (non-hydrogen) atoms. The third kappa shape index (κ3) is 2.25. The molecule has 1 atom stereocenters. The first kappa shape index (κ1) is 12.3. The Balaban J connectivity index is 2.50. The summed E-state index contributed by atoms with van der Waals surface area (Å²) in [5.74, 6) is -0.278. The minimum absolute atomic E-state index is 0.278. The molecule has 0 spiro atoms. The first-order valence-electron chi connectivity index (χ1n) is 5.19. The molecule has 5 heteroatoms. The second-order valence-corrected chi connectivity index (χ2v) is 4.83. The van der Waals surface area contributed by atoms with E-state index in [2.05, 4.69) is 21.0 Å². The molecule has 1 aromatic carbocycles. The molecule has 2 rings (SSSR count). The highest BCUT2D eigenvalue weighted by Gasteiger charge is 2.18. The van der Waals surface area contributed by atoms with Crippen LogP contribution in [0.15, 0.2) is 28.9 Å². The first-order chi connectivity index (χ1) is 8.00. The van der Waals surface area contributed by atoms with Gasteiger partial charge in [0.15, 0.2) is 0 Å². The van der Waals surface area contributed by atoms with Crippen LogP contribution >= 0.6 is 15.9 Å². The molecule has 1 unspecified atom stereocenters. The van der Waals surface area contributed by atoms with Crippen molar-refractivity contribution in [3.05, 3.63) is 51.5 Å². The van der Waals surface area contributed by atoms with Gasteiger partial charge in [-0.2, -0.15) is 5.10 Å². The van der Waals surface area contributed by atoms with Crippen molar-refractivity contribution in [3.8, 4) is 0 Å². The Morgan fingerprint density at radius 2 is 2.18 bits per heavy atom. The van der Waals surface area contributed by atoms with Gasteiger partial charge in [0, 0.05) is 7.05 Å². The third-order valence-electron chi connectivity index (χ3n) is 2.81. The zero-order valence-corrected chi connectivity index (χ0v) is 11.2. The molecule has 0 amide bonds. The lowest BCUT2D eigenvalue weighted by atomic mass is 9.99. The van der Waals surface area contributed by atoms with E-state index in [1.165, 1.54) is 12.1 Å². The Bertz CT molecular complexity index is 531. The summed E-state index contributed by atoms with van der Waals surface area (Å²) in [5.41, 5.74) is 8.74. The molecule has 0 aliphatic carbocycles. The van der Waals surface area contributed by atoms with Crippen LogP contribution in [0.2, 0.25) is 0 Å². The summed E-state index contributed by atoms with van der Waals surface area (Å²) in [6.45, 7) is 1.92. The van der Waals surface area contributed by atoms with Crippen LogP contribution in [0, 0.1) is 12.7 Å². The van der Waals surface area contributed by atoms with Gasteiger partial charge in [-0.25, -0.2) is 4.39 Å². The van der Waals surface area contributed by atoms with Gasteiger partial charge in [0.2, 0.25) is 0 Å². The lowest BCUT2D eigenvalue weighted by molar-refractivity contribution is 0.617. The predicted octanol–water partition coefficient (Wildman–Crippen LogP) is 2.68. The average molecular weight is 298 g/mol. The zero-order valence-electron chi connectivity index (χ0n) is 9.61. The molecule has 1 heterocycles. The van der Waals surface area contributed by atoms with E-state index in [0.29, 0.717) is 0 Å². The molecular formula is C12H13BrFN3. The lowest BCUT2D eigenvalue weighted by Gasteiger charge is -2.16. The summed E-state index contributed by atoms with van der Waals surface area (Å²) in [4.78, 5) is 0. The smallest absolute Gasteiger partial charge is 0.123 e. The first-order valence-corrected chi connectivity index (χ1v) is 5.99. The Labute approximate surface area is 108 Å². The van der Waals surface area contributed by atoms with Crippen LogP contribution in [0.1, 0.15) is 22.9 Å². The van der Waals surface area contributed by atoms with Crippen molar-refractivity contribution in [2.75, 3.05) is 0 Å². The van der Waals surface area contributed by atoms with Crippen LogP contribution in [0.3, 0.4) is 0 Å². The summed E-state index contributed by atoms with van der Waals surface area (Å²) in [7, 11) is 1.81. The zero-order chi connectivity index (χ0) is 12.6. The highest BCUT2D eigenvalue weighted by Crippen LogP contribution is 2.28. The quantitative estimate of drug-likeness (QED) is 0.926. The van der Waals surface area contributed by atoms with E-state index in [1.54, 1.807) is 16.9 Å². The van der Waals surface area contributed by atoms with Gasteiger partial charge in [-0.15, -0.1) is 0 Å². The van der Waals surface area contributed by atoms with Crippen molar-refractivity contribution < 1.29 is 4.39 Å². The maximum atomic E-state index is 13.3. The third-order valence-corrected chi connectivity index (χ3v) is 3.42. The maximum Gasteiger partial charge on any atom is 0.123 e. The normalized spacial score (nSPS) is 12.8. The number of hydrogen-bond acceptors (Lipinski definition) is 2. The number of hydrogen-bond donors (Lipinski definition) is 1. The van der Waals surface area contributed by atoms with Gasteiger partial charge in [-0.05, 0) is 46.1 Å². The van der Waals surface area contributed by atoms with Gasteiger partial charge >= 0.3 is 0 Å². The standard InChI is InChI=1S/C12H13BrFN3/c1-7-3-4-8(14)5-9(7)11(15)12-10(13)6-16-17(12)2/h3-6,11H,15H2,1-2H3. The number of aromatic nitrogens is 2. The van der Waals surface area contributed by atoms with E-state index in [9.17, 15) is 4.39 Å². The number of rotatable bonds is 2. The van der Waals surface area contributed by atoms with Crippen molar-refractivity contribution in [1.82, 2.24) is 9.78 Å².